The minimum atomic E-state index is -0.318. The van der Waals surface area contributed by atoms with Crippen LogP contribution in [0.15, 0.2) is 17.1 Å². The molecule has 0 saturated heterocycles. The van der Waals surface area contributed by atoms with Crippen molar-refractivity contribution in [3.63, 3.8) is 0 Å². The van der Waals surface area contributed by atoms with Crippen molar-refractivity contribution in [3.05, 3.63) is 22.7 Å². The maximum atomic E-state index is 11.6. The van der Waals surface area contributed by atoms with Crippen LogP contribution in [0, 0.1) is 0 Å². The lowest BCUT2D eigenvalue weighted by atomic mass is 10.2. The van der Waals surface area contributed by atoms with Crippen LogP contribution in [0.3, 0.4) is 0 Å². The minimum absolute atomic E-state index is 0.227. The third-order valence-electron chi connectivity index (χ3n) is 2.46. The number of nitrogens with one attached hydrogen (secondary N) is 1. The van der Waals surface area contributed by atoms with Crippen molar-refractivity contribution in [1.82, 2.24) is 9.55 Å². The van der Waals surface area contributed by atoms with E-state index >= 15 is 0 Å². The number of aromatic nitrogens is 2. The molecule has 0 aliphatic rings. The fourth-order valence-corrected chi connectivity index (χ4v) is 1.98. The zero-order valence-corrected chi connectivity index (χ0v) is 12.1. The van der Waals surface area contributed by atoms with Gasteiger partial charge < -0.3 is 5.32 Å². The molecule has 0 saturated carbocycles. The first-order valence-electron chi connectivity index (χ1n) is 6.04. The molecule has 1 heterocycles. The molecule has 0 radical (unpaired) electrons. The van der Waals surface area contributed by atoms with Crippen molar-refractivity contribution < 1.29 is 4.79 Å². The molecule has 5 nitrogen and oxygen atoms in total. The number of halogens is 1. The first-order chi connectivity index (χ1) is 8.63. The van der Waals surface area contributed by atoms with Crippen molar-refractivity contribution in [2.75, 3.05) is 10.6 Å². The van der Waals surface area contributed by atoms with Crippen LogP contribution in [0.1, 0.15) is 32.6 Å². The zero-order valence-electron chi connectivity index (χ0n) is 10.5. The molecule has 1 N–H and O–H groups in total. The lowest BCUT2D eigenvalue weighted by Crippen LogP contribution is -2.24. The number of hydrogen-bond donors (Lipinski definition) is 1. The largest absolute Gasteiger partial charge is 0.349 e. The monoisotopic (exact) mass is 315 g/mol. The quantitative estimate of drug-likeness (QED) is 0.619. The second-order valence-corrected chi connectivity index (χ2v) is 4.87. The lowest BCUT2D eigenvalue weighted by molar-refractivity contribution is -0.114. The Labute approximate surface area is 115 Å². The molecule has 0 bridgehead atoms. The number of nitrogens with zero attached hydrogens (tertiary/aromatic N) is 2. The summed E-state index contributed by atoms with van der Waals surface area (Å²) >= 11 is 3.39. The first kappa shape index (κ1) is 14.9. The van der Waals surface area contributed by atoms with Gasteiger partial charge in [-0.1, -0.05) is 28.8 Å². The van der Waals surface area contributed by atoms with E-state index in [0.717, 1.165) is 31.0 Å². The highest BCUT2D eigenvalue weighted by Gasteiger charge is 2.01. The summed E-state index contributed by atoms with van der Waals surface area (Å²) in [4.78, 5) is 26.2. The topological polar surface area (TPSA) is 64.0 Å². The van der Waals surface area contributed by atoms with Gasteiger partial charge in [-0.15, -0.1) is 0 Å². The van der Waals surface area contributed by atoms with Gasteiger partial charge in [-0.3, -0.25) is 9.36 Å². The van der Waals surface area contributed by atoms with Crippen LogP contribution < -0.4 is 11.0 Å². The zero-order chi connectivity index (χ0) is 13.4. The Bertz CT molecular complexity index is 445. The van der Waals surface area contributed by atoms with E-state index in [9.17, 15) is 9.59 Å². The molecule has 100 valence electrons. The molecule has 0 aromatic carbocycles. The third kappa shape index (κ3) is 5.44. The van der Waals surface area contributed by atoms with Crippen LogP contribution in [0.4, 0.5) is 5.82 Å². The van der Waals surface area contributed by atoms with Crippen molar-refractivity contribution in [3.8, 4) is 0 Å². The van der Waals surface area contributed by atoms with Gasteiger partial charge in [0.1, 0.15) is 5.82 Å². The average Bonchev–Trinajstić information content (AvgIpc) is 2.30. The number of alkyl halides is 1. The summed E-state index contributed by atoms with van der Waals surface area (Å²) in [5.41, 5.74) is -0.318. The molecule has 0 atom stereocenters. The van der Waals surface area contributed by atoms with Crippen molar-refractivity contribution in [1.29, 1.82) is 0 Å². The molecule has 18 heavy (non-hydrogen) atoms. The van der Waals surface area contributed by atoms with Crippen LogP contribution in [-0.4, -0.2) is 20.8 Å². The highest BCUT2D eigenvalue weighted by Crippen LogP contribution is 2.04. The predicted octanol–water partition coefficient (Wildman–Crippen LogP) is 2.16. The van der Waals surface area contributed by atoms with Crippen molar-refractivity contribution >= 4 is 27.7 Å². The Balaban J connectivity index is 2.47. The number of amides is 1. The van der Waals surface area contributed by atoms with Gasteiger partial charge >= 0.3 is 5.69 Å². The number of carbonyl (C=O) groups is 1. The highest BCUT2D eigenvalue weighted by molar-refractivity contribution is 9.09. The molecule has 0 aliphatic heterocycles. The van der Waals surface area contributed by atoms with Crippen LogP contribution in [-0.2, 0) is 11.3 Å². The van der Waals surface area contributed by atoms with E-state index in [1.54, 1.807) is 16.8 Å². The summed E-state index contributed by atoms with van der Waals surface area (Å²) < 4.78 is 1.57. The fraction of sp³-hybridized carbons (Fsp3) is 0.583. The number of aryl methyl sites for hydroxylation is 1. The molecular weight excluding hydrogens is 298 g/mol. The van der Waals surface area contributed by atoms with E-state index in [1.165, 1.54) is 6.92 Å². The van der Waals surface area contributed by atoms with E-state index in [2.05, 4.69) is 26.2 Å². The van der Waals surface area contributed by atoms with Crippen LogP contribution in [0.25, 0.3) is 0 Å². The summed E-state index contributed by atoms with van der Waals surface area (Å²) in [5, 5.41) is 3.52. The first-order valence-corrected chi connectivity index (χ1v) is 7.16. The second kappa shape index (κ2) is 8.02. The SMILES string of the molecule is CC(=O)Nc1ccn(CCCCCCBr)c(=O)n1. The van der Waals surface area contributed by atoms with Gasteiger partial charge in [0.05, 0.1) is 0 Å². The predicted molar refractivity (Wildman–Crippen MR) is 75.1 cm³/mol. The normalized spacial score (nSPS) is 10.3. The Kier molecular flexibility index (Phi) is 6.64. The maximum Gasteiger partial charge on any atom is 0.349 e. The van der Waals surface area contributed by atoms with Gasteiger partial charge in [0, 0.05) is 25.0 Å². The third-order valence-corrected chi connectivity index (χ3v) is 3.02. The average molecular weight is 316 g/mol. The number of anilines is 1. The second-order valence-electron chi connectivity index (χ2n) is 4.07. The Morgan fingerprint density at radius 3 is 2.72 bits per heavy atom. The standard InChI is InChI=1S/C12H18BrN3O2/c1-10(17)14-11-6-9-16(12(18)15-11)8-5-3-2-4-7-13/h6,9H,2-5,7-8H2,1H3,(H,14,15,17,18). The van der Waals surface area contributed by atoms with Crippen molar-refractivity contribution in [2.45, 2.75) is 39.2 Å². The summed E-state index contributed by atoms with van der Waals surface area (Å²) in [6.45, 7) is 2.06. The maximum absolute atomic E-state index is 11.6. The van der Waals surface area contributed by atoms with E-state index < -0.39 is 0 Å². The summed E-state index contributed by atoms with van der Waals surface area (Å²) in [6, 6.07) is 1.64. The van der Waals surface area contributed by atoms with E-state index in [4.69, 9.17) is 0 Å². The molecule has 0 spiro atoms. The van der Waals surface area contributed by atoms with Crippen LogP contribution in [0.2, 0.25) is 0 Å². The summed E-state index contributed by atoms with van der Waals surface area (Å²) in [7, 11) is 0. The molecule has 1 amide bonds. The van der Waals surface area contributed by atoms with Crippen molar-refractivity contribution in [2.24, 2.45) is 0 Å². The van der Waals surface area contributed by atoms with E-state index in [1.807, 2.05) is 0 Å². The lowest BCUT2D eigenvalue weighted by Gasteiger charge is -2.06. The molecule has 0 unspecified atom stereocenters. The Hall–Kier alpha value is -1.17. The number of rotatable bonds is 7. The minimum Gasteiger partial charge on any atom is -0.311 e. The number of carbonyl (C=O) groups excluding carboxylic acids is 1. The Morgan fingerprint density at radius 1 is 1.39 bits per heavy atom. The highest BCUT2D eigenvalue weighted by atomic mass is 79.9. The van der Waals surface area contributed by atoms with E-state index in [-0.39, 0.29) is 11.6 Å². The molecular formula is C12H18BrN3O2. The van der Waals surface area contributed by atoms with Crippen LogP contribution >= 0.6 is 15.9 Å². The van der Waals surface area contributed by atoms with Gasteiger partial charge in [-0.2, -0.15) is 4.98 Å². The number of hydrogen-bond acceptors (Lipinski definition) is 3. The molecule has 0 fully saturated rings. The smallest absolute Gasteiger partial charge is 0.311 e. The van der Waals surface area contributed by atoms with Gasteiger partial charge in [0.25, 0.3) is 0 Å². The number of unbranched alkanes of at least 4 members (excludes halogenated alkanes) is 3. The van der Waals surface area contributed by atoms with Crippen LogP contribution in [0.5, 0.6) is 0 Å². The van der Waals surface area contributed by atoms with Gasteiger partial charge in [-0.25, -0.2) is 4.79 Å². The fourth-order valence-electron chi connectivity index (χ4n) is 1.58. The molecule has 0 aliphatic carbocycles. The summed E-state index contributed by atoms with van der Waals surface area (Å²) in [5.74, 6) is 0.0810. The molecule has 1 aromatic rings. The van der Waals surface area contributed by atoms with Gasteiger partial charge in [0.2, 0.25) is 5.91 Å². The van der Waals surface area contributed by atoms with E-state index in [0.29, 0.717) is 12.4 Å². The van der Waals surface area contributed by atoms with Gasteiger partial charge in [0.15, 0.2) is 0 Å². The summed E-state index contributed by atoms with van der Waals surface area (Å²) in [6.07, 6.45) is 6.07. The van der Waals surface area contributed by atoms with Gasteiger partial charge in [-0.05, 0) is 18.9 Å². The Morgan fingerprint density at radius 2 is 2.11 bits per heavy atom. The molecule has 1 aromatic heterocycles. The molecule has 6 heteroatoms. The molecule has 1 rings (SSSR count).